The standard InChI is InChI=1S/C15H23ClN2O2.2C4H6O4/c1-19-6-7-20-15-3-2-14(16)8-13(15)11-18-5-4-12(9-17)10-18;2*5-3(6)1-2-4(7)8/h2-3,8,12H,4-7,9-11,17H2,1H3;2*1-2H2,(H,5,6)(H,7,8)/t12-;;/m0../s1. The Hall–Kier alpha value is -2.93. The molecular formula is C23H35ClN2O10. The summed E-state index contributed by atoms with van der Waals surface area (Å²) < 4.78 is 10.8. The predicted octanol–water partition coefficient (Wildman–Crippen LogP) is 2.02. The molecular weight excluding hydrogens is 500 g/mol. The second-order valence-electron chi connectivity index (χ2n) is 7.79. The normalized spacial score (nSPS) is 14.6. The maximum absolute atomic E-state index is 9.64. The molecule has 0 amide bonds. The zero-order chi connectivity index (χ0) is 27.5. The van der Waals surface area contributed by atoms with E-state index in [9.17, 15) is 19.2 Å². The molecule has 1 aromatic carbocycles. The van der Waals surface area contributed by atoms with E-state index >= 15 is 0 Å². The number of carboxylic acid groups (broad SMARTS) is 4. The second kappa shape index (κ2) is 19.3. The zero-order valence-corrected chi connectivity index (χ0v) is 21.0. The number of nitrogens with two attached hydrogens (primary N) is 1. The number of likely N-dealkylation sites (tertiary alicyclic amines) is 1. The van der Waals surface area contributed by atoms with Crippen molar-refractivity contribution in [2.75, 3.05) is 40.0 Å². The molecule has 204 valence electrons. The fourth-order valence-corrected chi connectivity index (χ4v) is 3.16. The van der Waals surface area contributed by atoms with Crippen molar-refractivity contribution in [3.8, 4) is 5.75 Å². The van der Waals surface area contributed by atoms with Crippen LogP contribution in [0.4, 0.5) is 0 Å². The van der Waals surface area contributed by atoms with Gasteiger partial charge in [-0.25, -0.2) is 0 Å². The van der Waals surface area contributed by atoms with Crippen LogP contribution in [-0.4, -0.2) is 89.2 Å². The van der Waals surface area contributed by atoms with Crippen LogP contribution in [0.2, 0.25) is 5.02 Å². The van der Waals surface area contributed by atoms with Gasteiger partial charge < -0.3 is 35.6 Å². The summed E-state index contributed by atoms with van der Waals surface area (Å²) in [5.41, 5.74) is 6.87. The number of rotatable bonds is 13. The van der Waals surface area contributed by atoms with Crippen molar-refractivity contribution in [3.05, 3.63) is 28.8 Å². The van der Waals surface area contributed by atoms with E-state index in [2.05, 4.69) is 4.90 Å². The number of hydrogen-bond acceptors (Lipinski definition) is 8. The minimum absolute atomic E-state index is 0.296. The molecule has 1 aliphatic rings. The largest absolute Gasteiger partial charge is 0.491 e. The number of nitrogens with zero attached hydrogens (tertiary/aromatic N) is 1. The van der Waals surface area contributed by atoms with Crippen molar-refractivity contribution in [1.29, 1.82) is 0 Å². The molecule has 1 fully saturated rings. The van der Waals surface area contributed by atoms with Crippen molar-refractivity contribution in [2.24, 2.45) is 11.7 Å². The average Bonchev–Trinajstić information content (AvgIpc) is 3.26. The van der Waals surface area contributed by atoms with Crippen molar-refractivity contribution < 1.29 is 49.1 Å². The second-order valence-corrected chi connectivity index (χ2v) is 8.23. The van der Waals surface area contributed by atoms with E-state index in [0.29, 0.717) is 19.1 Å². The molecule has 13 heteroatoms. The Morgan fingerprint density at radius 2 is 1.50 bits per heavy atom. The fraction of sp³-hybridized carbons (Fsp3) is 0.565. The molecule has 0 aliphatic carbocycles. The summed E-state index contributed by atoms with van der Waals surface area (Å²) in [5.74, 6) is -2.80. The molecule has 6 N–H and O–H groups in total. The summed E-state index contributed by atoms with van der Waals surface area (Å²) in [4.78, 5) is 41.0. The van der Waals surface area contributed by atoms with Gasteiger partial charge in [-0.3, -0.25) is 24.1 Å². The fourth-order valence-electron chi connectivity index (χ4n) is 2.96. The molecule has 0 aromatic heterocycles. The van der Waals surface area contributed by atoms with Gasteiger partial charge in [0.05, 0.1) is 32.3 Å². The highest BCUT2D eigenvalue weighted by atomic mass is 35.5. The minimum atomic E-state index is -1.08. The molecule has 12 nitrogen and oxygen atoms in total. The van der Waals surface area contributed by atoms with Gasteiger partial charge in [0.1, 0.15) is 12.4 Å². The number of hydrogen-bond donors (Lipinski definition) is 5. The van der Waals surface area contributed by atoms with Crippen molar-refractivity contribution in [1.82, 2.24) is 4.90 Å². The number of carbonyl (C=O) groups is 4. The molecule has 0 spiro atoms. The Morgan fingerprint density at radius 1 is 0.972 bits per heavy atom. The zero-order valence-electron chi connectivity index (χ0n) is 20.2. The van der Waals surface area contributed by atoms with Gasteiger partial charge in [0.15, 0.2) is 0 Å². The molecule has 1 aliphatic heterocycles. The van der Waals surface area contributed by atoms with Crippen LogP contribution in [0, 0.1) is 5.92 Å². The quantitative estimate of drug-likeness (QED) is 0.231. The first-order chi connectivity index (χ1) is 17.0. The van der Waals surface area contributed by atoms with Crippen LogP contribution in [0.15, 0.2) is 18.2 Å². The monoisotopic (exact) mass is 534 g/mol. The highest BCUT2D eigenvalue weighted by molar-refractivity contribution is 6.30. The third-order valence-electron chi connectivity index (χ3n) is 4.77. The number of carboxylic acids is 4. The van der Waals surface area contributed by atoms with Crippen molar-refractivity contribution in [2.45, 2.75) is 38.6 Å². The van der Waals surface area contributed by atoms with Crippen LogP contribution in [0.25, 0.3) is 0 Å². The lowest BCUT2D eigenvalue weighted by atomic mass is 10.1. The van der Waals surface area contributed by atoms with Crippen LogP contribution in [0.3, 0.4) is 0 Å². The number of aliphatic carboxylic acids is 4. The molecule has 36 heavy (non-hydrogen) atoms. The lowest BCUT2D eigenvalue weighted by Crippen LogP contribution is -2.23. The number of halogens is 1. The predicted molar refractivity (Wildman–Crippen MR) is 130 cm³/mol. The third-order valence-corrected chi connectivity index (χ3v) is 5.01. The Bertz CT molecular complexity index is 781. The smallest absolute Gasteiger partial charge is 0.303 e. The molecule has 1 saturated heterocycles. The van der Waals surface area contributed by atoms with Crippen LogP contribution < -0.4 is 10.5 Å². The van der Waals surface area contributed by atoms with E-state index in [4.69, 9.17) is 47.2 Å². The van der Waals surface area contributed by atoms with Gasteiger partial charge in [-0.2, -0.15) is 0 Å². The van der Waals surface area contributed by atoms with Crippen LogP contribution in [0.1, 0.15) is 37.7 Å². The van der Waals surface area contributed by atoms with Gasteiger partial charge >= 0.3 is 23.9 Å². The first kappa shape index (κ1) is 33.1. The Morgan fingerprint density at radius 3 is 1.92 bits per heavy atom. The molecule has 1 heterocycles. The highest BCUT2D eigenvalue weighted by Crippen LogP contribution is 2.26. The average molecular weight is 535 g/mol. The molecule has 0 bridgehead atoms. The van der Waals surface area contributed by atoms with Crippen LogP contribution >= 0.6 is 11.6 Å². The molecule has 1 atom stereocenters. The van der Waals surface area contributed by atoms with Gasteiger partial charge in [0.25, 0.3) is 0 Å². The Labute approximate surface area is 214 Å². The summed E-state index contributed by atoms with van der Waals surface area (Å²) in [6.45, 7) is 4.91. The lowest BCUT2D eigenvalue weighted by Gasteiger charge is -2.18. The highest BCUT2D eigenvalue weighted by Gasteiger charge is 2.22. The SMILES string of the molecule is COCCOc1ccc(Cl)cc1CN1CC[C@@H](CN)C1.O=C(O)CCC(=O)O.O=C(O)CCC(=O)O. The Balaban J connectivity index is 0.000000634. The van der Waals surface area contributed by atoms with Gasteiger partial charge in [0, 0.05) is 30.8 Å². The van der Waals surface area contributed by atoms with Crippen molar-refractivity contribution in [3.63, 3.8) is 0 Å². The maximum atomic E-state index is 9.64. The molecule has 2 rings (SSSR count). The van der Waals surface area contributed by atoms with Crippen LogP contribution in [0.5, 0.6) is 5.75 Å². The van der Waals surface area contributed by atoms with E-state index in [-0.39, 0.29) is 25.7 Å². The van der Waals surface area contributed by atoms with Gasteiger partial charge in [0.2, 0.25) is 0 Å². The molecule has 0 unspecified atom stereocenters. The summed E-state index contributed by atoms with van der Waals surface area (Å²) in [5, 5.41) is 32.3. The van der Waals surface area contributed by atoms with Gasteiger partial charge in [-0.1, -0.05) is 11.6 Å². The summed E-state index contributed by atoms with van der Waals surface area (Å²) in [6.07, 6.45) is -0.00767. The number of benzene rings is 1. The van der Waals surface area contributed by atoms with Gasteiger partial charge in [-0.05, 0) is 43.6 Å². The van der Waals surface area contributed by atoms with Gasteiger partial charge in [-0.15, -0.1) is 0 Å². The minimum Gasteiger partial charge on any atom is -0.491 e. The van der Waals surface area contributed by atoms with E-state index in [0.717, 1.165) is 42.5 Å². The van der Waals surface area contributed by atoms with Crippen molar-refractivity contribution >= 4 is 35.5 Å². The Kier molecular flexibility index (Phi) is 17.7. The molecule has 0 saturated carbocycles. The van der Waals surface area contributed by atoms with E-state index in [1.807, 2.05) is 18.2 Å². The number of ether oxygens (including phenoxy) is 2. The summed E-state index contributed by atoms with van der Waals surface area (Å²) in [6, 6.07) is 5.78. The third kappa shape index (κ3) is 17.5. The van der Waals surface area contributed by atoms with Crippen LogP contribution in [-0.2, 0) is 30.5 Å². The lowest BCUT2D eigenvalue weighted by molar-refractivity contribution is -0.143. The molecule has 0 radical (unpaired) electrons. The topological polar surface area (TPSA) is 197 Å². The first-order valence-corrected chi connectivity index (χ1v) is 11.6. The first-order valence-electron chi connectivity index (χ1n) is 11.2. The van der Waals surface area contributed by atoms with E-state index < -0.39 is 23.9 Å². The van der Waals surface area contributed by atoms with E-state index in [1.54, 1.807) is 7.11 Å². The summed E-state index contributed by atoms with van der Waals surface area (Å²) >= 11 is 6.10. The molecule has 1 aromatic rings. The summed E-state index contributed by atoms with van der Waals surface area (Å²) in [7, 11) is 1.67. The maximum Gasteiger partial charge on any atom is 0.303 e. The van der Waals surface area contributed by atoms with E-state index in [1.165, 1.54) is 6.42 Å². The number of methoxy groups -OCH3 is 1.